The molecule has 1 aliphatic heterocycles. The highest BCUT2D eigenvalue weighted by molar-refractivity contribution is 5.80. The Hall–Kier alpha value is -2.56. The molecule has 5 nitrogen and oxygen atoms in total. The zero-order chi connectivity index (χ0) is 18.2. The second-order valence-electron chi connectivity index (χ2n) is 4.76. The number of carbonyl (C=O) groups is 1. The summed E-state index contributed by atoms with van der Waals surface area (Å²) in [7, 11) is 0. The molecule has 1 aromatic carbocycles. The van der Waals surface area contributed by atoms with E-state index in [1.807, 2.05) is 0 Å². The molecule has 0 radical (unpaired) electrons. The Morgan fingerprint density at radius 3 is 2.00 bits per heavy atom. The highest BCUT2D eigenvalue weighted by Crippen LogP contribution is 2.39. The first-order chi connectivity index (χ1) is 10.9. The predicted molar refractivity (Wildman–Crippen MR) is 69.7 cm³/mol. The van der Waals surface area contributed by atoms with Gasteiger partial charge in [-0.15, -0.1) is 0 Å². The molecule has 0 saturated heterocycles. The zero-order valence-electron chi connectivity index (χ0n) is 11.5. The summed E-state index contributed by atoms with van der Waals surface area (Å²) in [4.78, 5) is 14.4. The molecule has 1 heterocycles. The first-order valence-corrected chi connectivity index (χ1v) is 6.22. The van der Waals surface area contributed by atoms with E-state index < -0.39 is 40.7 Å². The highest BCUT2D eigenvalue weighted by Gasteiger charge is 2.40. The summed E-state index contributed by atoms with van der Waals surface area (Å²) < 4.78 is 77.4. The Labute approximate surface area is 130 Å². The van der Waals surface area contributed by atoms with Gasteiger partial charge in [-0.3, -0.25) is 0 Å². The number of nitrogens with zero attached hydrogens (tertiary/aromatic N) is 1. The van der Waals surface area contributed by atoms with Gasteiger partial charge in [-0.2, -0.15) is 26.3 Å². The monoisotopic (exact) mass is 353 g/mol. The number of benzene rings is 1. The van der Waals surface area contributed by atoms with E-state index in [0.29, 0.717) is 18.2 Å². The van der Waals surface area contributed by atoms with Gasteiger partial charge in [-0.1, -0.05) is 0 Å². The molecule has 0 aromatic heterocycles. The fourth-order valence-electron chi connectivity index (χ4n) is 2.00. The van der Waals surface area contributed by atoms with E-state index in [4.69, 9.17) is 5.11 Å². The lowest BCUT2D eigenvalue weighted by molar-refractivity contribution is -0.143. The number of hydrazine groups is 1. The molecule has 0 fully saturated rings. The summed E-state index contributed by atoms with van der Waals surface area (Å²) in [6.45, 7) is 0. The number of hydrogen-bond acceptors (Lipinski definition) is 4. The van der Waals surface area contributed by atoms with Crippen molar-refractivity contribution in [1.29, 1.82) is 0 Å². The van der Waals surface area contributed by atoms with Crippen molar-refractivity contribution in [1.82, 2.24) is 10.9 Å². The SMILES string of the molecule is O=C(O)C=CC1(c2cc(C(F)(F)F)cc(C(F)(F)F)c2)N=CNN1. The van der Waals surface area contributed by atoms with Crippen LogP contribution in [0.5, 0.6) is 0 Å². The van der Waals surface area contributed by atoms with Crippen LogP contribution in [-0.4, -0.2) is 17.4 Å². The maximum Gasteiger partial charge on any atom is 0.416 e. The van der Waals surface area contributed by atoms with Crippen LogP contribution in [0.4, 0.5) is 26.3 Å². The molecule has 0 bridgehead atoms. The predicted octanol–water partition coefficient (Wildman–Crippen LogP) is 2.65. The van der Waals surface area contributed by atoms with Gasteiger partial charge in [0.25, 0.3) is 0 Å². The topological polar surface area (TPSA) is 73.7 Å². The van der Waals surface area contributed by atoms with Gasteiger partial charge in [0.2, 0.25) is 0 Å². The lowest BCUT2D eigenvalue weighted by atomic mass is 9.95. The Kier molecular flexibility index (Phi) is 4.31. The van der Waals surface area contributed by atoms with Crippen LogP contribution in [0.1, 0.15) is 16.7 Å². The molecule has 24 heavy (non-hydrogen) atoms. The van der Waals surface area contributed by atoms with Crippen molar-refractivity contribution in [3.63, 3.8) is 0 Å². The maximum absolute atomic E-state index is 12.9. The van der Waals surface area contributed by atoms with Crippen LogP contribution < -0.4 is 10.9 Å². The van der Waals surface area contributed by atoms with E-state index in [2.05, 4.69) is 15.8 Å². The standard InChI is InChI=1S/C13H9F6N3O2/c14-12(15,16)8-3-7(4-9(5-8)13(17,18)19)11(2-1-10(23)24)20-6-21-22-11/h1-6,22H,(H,20,21)(H,23,24). The van der Waals surface area contributed by atoms with E-state index in [1.54, 1.807) is 0 Å². The maximum atomic E-state index is 12.9. The van der Waals surface area contributed by atoms with Crippen LogP contribution in [0, 0.1) is 0 Å². The highest BCUT2D eigenvalue weighted by atomic mass is 19.4. The molecule has 0 amide bonds. The van der Waals surface area contributed by atoms with Gasteiger partial charge in [0, 0.05) is 11.6 Å². The van der Waals surface area contributed by atoms with Crippen molar-refractivity contribution >= 4 is 12.3 Å². The Balaban J connectivity index is 2.67. The van der Waals surface area contributed by atoms with Crippen LogP contribution in [0.3, 0.4) is 0 Å². The van der Waals surface area contributed by atoms with Crippen molar-refractivity contribution < 1.29 is 36.2 Å². The largest absolute Gasteiger partial charge is 0.478 e. The normalized spacial score (nSPS) is 21.2. The minimum atomic E-state index is -5.02. The van der Waals surface area contributed by atoms with E-state index >= 15 is 0 Å². The summed E-state index contributed by atoms with van der Waals surface area (Å²) >= 11 is 0. The fourth-order valence-corrected chi connectivity index (χ4v) is 2.00. The van der Waals surface area contributed by atoms with Crippen LogP contribution in [-0.2, 0) is 22.8 Å². The average molecular weight is 353 g/mol. The first kappa shape index (κ1) is 17.8. The molecule has 1 atom stereocenters. The van der Waals surface area contributed by atoms with Gasteiger partial charge in [-0.05, 0) is 24.3 Å². The van der Waals surface area contributed by atoms with Crippen molar-refractivity contribution in [2.75, 3.05) is 0 Å². The van der Waals surface area contributed by atoms with E-state index in [-0.39, 0.29) is 6.07 Å². The average Bonchev–Trinajstić information content (AvgIpc) is 2.93. The molecule has 1 unspecified atom stereocenters. The van der Waals surface area contributed by atoms with Gasteiger partial charge in [0.1, 0.15) is 0 Å². The molecule has 0 aliphatic carbocycles. The Bertz CT molecular complexity index is 678. The molecule has 3 N–H and O–H groups in total. The molecule has 0 saturated carbocycles. The number of alkyl halides is 6. The lowest BCUT2D eigenvalue weighted by Crippen LogP contribution is -2.41. The molecule has 1 aliphatic rings. The van der Waals surface area contributed by atoms with Crippen LogP contribution in [0.2, 0.25) is 0 Å². The van der Waals surface area contributed by atoms with Crippen LogP contribution in [0.15, 0.2) is 35.3 Å². The van der Waals surface area contributed by atoms with Crippen LogP contribution in [0.25, 0.3) is 0 Å². The van der Waals surface area contributed by atoms with Crippen LogP contribution >= 0.6 is 0 Å². The van der Waals surface area contributed by atoms with Crippen molar-refractivity contribution in [2.45, 2.75) is 18.0 Å². The third-order valence-electron chi connectivity index (χ3n) is 3.09. The summed E-state index contributed by atoms with van der Waals surface area (Å²) in [6.07, 6.45) is -7.67. The van der Waals surface area contributed by atoms with Crippen molar-refractivity contribution in [3.8, 4) is 0 Å². The van der Waals surface area contributed by atoms with E-state index in [1.165, 1.54) is 0 Å². The molecule has 130 valence electrons. The number of rotatable bonds is 3. The number of hydrogen-bond donors (Lipinski definition) is 3. The summed E-state index contributed by atoms with van der Waals surface area (Å²) in [5, 5.41) is 8.66. The smallest absolute Gasteiger partial charge is 0.416 e. The quantitative estimate of drug-likeness (QED) is 0.577. The number of carboxylic acid groups (broad SMARTS) is 1. The number of carboxylic acids is 1. The molecule has 1 aromatic rings. The number of halogens is 6. The molecular weight excluding hydrogens is 344 g/mol. The van der Waals surface area contributed by atoms with Crippen molar-refractivity contribution in [3.05, 3.63) is 47.0 Å². The third kappa shape index (κ3) is 3.67. The molecule has 0 spiro atoms. The molecular formula is C13H9F6N3O2. The Morgan fingerprint density at radius 1 is 1.08 bits per heavy atom. The zero-order valence-corrected chi connectivity index (χ0v) is 11.5. The van der Waals surface area contributed by atoms with E-state index in [9.17, 15) is 31.1 Å². The van der Waals surface area contributed by atoms with Gasteiger partial charge in [0.05, 0.1) is 17.5 Å². The van der Waals surface area contributed by atoms with Crippen molar-refractivity contribution in [2.24, 2.45) is 4.99 Å². The minimum absolute atomic E-state index is 0.0236. The van der Waals surface area contributed by atoms with E-state index in [0.717, 1.165) is 12.4 Å². The number of aliphatic carboxylic acids is 1. The number of nitrogens with one attached hydrogen (secondary N) is 2. The third-order valence-corrected chi connectivity index (χ3v) is 3.09. The van der Waals surface area contributed by atoms with Gasteiger partial charge in [-0.25, -0.2) is 15.2 Å². The first-order valence-electron chi connectivity index (χ1n) is 6.22. The van der Waals surface area contributed by atoms with Gasteiger partial charge in [0.15, 0.2) is 5.66 Å². The summed E-state index contributed by atoms with van der Waals surface area (Å²) in [5.41, 5.74) is -0.853. The number of aliphatic imine (C=N–C) groups is 1. The van der Waals surface area contributed by atoms with Gasteiger partial charge < -0.3 is 10.5 Å². The molecule has 11 heteroatoms. The fraction of sp³-hybridized carbons (Fsp3) is 0.231. The second-order valence-corrected chi connectivity index (χ2v) is 4.76. The molecule has 2 rings (SSSR count). The Morgan fingerprint density at radius 2 is 1.62 bits per heavy atom. The second kappa shape index (κ2) is 5.82. The lowest BCUT2D eigenvalue weighted by Gasteiger charge is -2.25. The van der Waals surface area contributed by atoms with Gasteiger partial charge >= 0.3 is 18.3 Å². The summed E-state index contributed by atoms with van der Waals surface area (Å²) in [5.74, 6) is -1.44. The summed E-state index contributed by atoms with van der Waals surface area (Å²) in [6, 6.07) is 0.918. The minimum Gasteiger partial charge on any atom is -0.478 e.